The van der Waals surface area contributed by atoms with Gasteiger partial charge in [0.25, 0.3) is 5.91 Å². The molecule has 0 aromatic carbocycles. The molecule has 0 radical (unpaired) electrons. The lowest BCUT2D eigenvalue weighted by Gasteiger charge is -2.06. The number of carbonyl (C=O) groups is 2. The minimum absolute atomic E-state index is 0.116. The van der Waals surface area contributed by atoms with Crippen molar-refractivity contribution in [1.82, 2.24) is 15.6 Å². The highest BCUT2D eigenvalue weighted by molar-refractivity contribution is 5.93. The average Bonchev–Trinajstić information content (AvgIpc) is 2.34. The molecule has 92 valence electrons. The highest BCUT2D eigenvalue weighted by Gasteiger charge is 2.06. The van der Waals surface area contributed by atoms with Crippen molar-refractivity contribution < 1.29 is 9.59 Å². The first kappa shape index (κ1) is 13.0. The highest BCUT2D eigenvalue weighted by atomic mass is 16.2. The Bertz CT molecular complexity index is 406. The minimum Gasteiger partial charge on any atom is -0.388 e. The SMILES string of the molecule is CNc1ccnc(C(=O)NCCNC(C)=O)c1. The van der Waals surface area contributed by atoms with Crippen molar-refractivity contribution >= 4 is 17.5 Å². The Morgan fingerprint density at radius 1 is 1.29 bits per heavy atom. The third kappa shape index (κ3) is 4.50. The van der Waals surface area contributed by atoms with Gasteiger partial charge in [-0.15, -0.1) is 0 Å². The number of nitrogens with one attached hydrogen (secondary N) is 3. The van der Waals surface area contributed by atoms with Gasteiger partial charge in [0, 0.05) is 38.9 Å². The fourth-order valence-electron chi connectivity index (χ4n) is 1.22. The molecule has 17 heavy (non-hydrogen) atoms. The zero-order valence-electron chi connectivity index (χ0n) is 9.91. The van der Waals surface area contributed by atoms with Crippen LogP contribution in [0.4, 0.5) is 5.69 Å². The van der Waals surface area contributed by atoms with Gasteiger partial charge in [0.05, 0.1) is 0 Å². The summed E-state index contributed by atoms with van der Waals surface area (Å²) < 4.78 is 0. The topological polar surface area (TPSA) is 83.1 Å². The largest absolute Gasteiger partial charge is 0.388 e. The van der Waals surface area contributed by atoms with Gasteiger partial charge < -0.3 is 16.0 Å². The zero-order valence-corrected chi connectivity index (χ0v) is 9.91. The van der Waals surface area contributed by atoms with E-state index in [1.807, 2.05) is 0 Å². The normalized spacial score (nSPS) is 9.53. The van der Waals surface area contributed by atoms with E-state index in [4.69, 9.17) is 0 Å². The fourth-order valence-corrected chi connectivity index (χ4v) is 1.22. The molecule has 1 aromatic rings. The van der Waals surface area contributed by atoms with Crippen molar-refractivity contribution in [2.45, 2.75) is 6.92 Å². The van der Waals surface area contributed by atoms with Crippen LogP contribution in [-0.2, 0) is 4.79 Å². The Balaban J connectivity index is 2.43. The maximum atomic E-state index is 11.6. The molecule has 0 aliphatic rings. The van der Waals surface area contributed by atoms with Gasteiger partial charge in [0.2, 0.25) is 5.91 Å². The number of nitrogens with zero attached hydrogens (tertiary/aromatic N) is 1. The number of carbonyl (C=O) groups excluding carboxylic acids is 2. The lowest BCUT2D eigenvalue weighted by Crippen LogP contribution is -2.34. The molecule has 0 aliphatic carbocycles. The summed E-state index contributed by atoms with van der Waals surface area (Å²) in [6, 6.07) is 3.43. The van der Waals surface area contributed by atoms with Gasteiger partial charge in [-0.1, -0.05) is 0 Å². The highest BCUT2D eigenvalue weighted by Crippen LogP contribution is 2.06. The maximum Gasteiger partial charge on any atom is 0.270 e. The second-order valence-corrected chi connectivity index (χ2v) is 3.42. The van der Waals surface area contributed by atoms with E-state index >= 15 is 0 Å². The number of hydrogen-bond acceptors (Lipinski definition) is 4. The molecule has 0 saturated carbocycles. The standard InChI is InChI=1S/C11H16N4O2/c1-8(16)13-5-6-15-11(17)10-7-9(12-2)3-4-14-10/h3-4,7H,5-6H2,1-2H3,(H,12,14)(H,13,16)(H,15,17). The summed E-state index contributed by atoms with van der Waals surface area (Å²) in [5.74, 6) is -0.373. The number of hydrogen-bond donors (Lipinski definition) is 3. The van der Waals surface area contributed by atoms with E-state index in [0.717, 1.165) is 5.69 Å². The molecule has 0 atom stereocenters. The van der Waals surface area contributed by atoms with Gasteiger partial charge in [0.1, 0.15) is 5.69 Å². The Labute approximate surface area is 99.8 Å². The Morgan fingerprint density at radius 2 is 2.00 bits per heavy atom. The van der Waals surface area contributed by atoms with Gasteiger partial charge in [-0.2, -0.15) is 0 Å². The number of rotatable bonds is 5. The molecule has 6 nitrogen and oxygen atoms in total. The first-order chi connectivity index (χ1) is 8.13. The van der Waals surface area contributed by atoms with Crippen molar-refractivity contribution in [2.24, 2.45) is 0 Å². The van der Waals surface area contributed by atoms with Crippen molar-refractivity contribution in [3.63, 3.8) is 0 Å². The van der Waals surface area contributed by atoms with Crippen LogP contribution in [0.25, 0.3) is 0 Å². The van der Waals surface area contributed by atoms with Crippen molar-refractivity contribution in [3.8, 4) is 0 Å². The summed E-state index contributed by atoms with van der Waals surface area (Å²) in [6.07, 6.45) is 1.56. The zero-order chi connectivity index (χ0) is 12.7. The molecule has 6 heteroatoms. The molecular weight excluding hydrogens is 220 g/mol. The van der Waals surface area contributed by atoms with Crippen LogP contribution >= 0.6 is 0 Å². The van der Waals surface area contributed by atoms with E-state index < -0.39 is 0 Å². The van der Waals surface area contributed by atoms with E-state index in [-0.39, 0.29) is 11.8 Å². The van der Waals surface area contributed by atoms with Crippen molar-refractivity contribution in [1.29, 1.82) is 0 Å². The van der Waals surface area contributed by atoms with E-state index in [1.165, 1.54) is 6.92 Å². The predicted molar refractivity (Wildman–Crippen MR) is 64.8 cm³/mol. The van der Waals surface area contributed by atoms with E-state index in [1.54, 1.807) is 25.4 Å². The number of amides is 2. The molecule has 0 unspecified atom stereocenters. The molecule has 0 fully saturated rings. The second-order valence-electron chi connectivity index (χ2n) is 3.42. The number of aromatic nitrogens is 1. The van der Waals surface area contributed by atoms with Crippen molar-refractivity contribution in [3.05, 3.63) is 24.0 Å². The molecule has 0 spiro atoms. The smallest absolute Gasteiger partial charge is 0.270 e. The van der Waals surface area contributed by atoms with Crippen molar-refractivity contribution in [2.75, 3.05) is 25.5 Å². The Morgan fingerprint density at radius 3 is 2.65 bits per heavy atom. The monoisotopic (exact) mass is 236 g/mol. The van der Waals surface area contributed by atoms with Crippen LogP contribution in [0, 0.1) is 0 Å². The van der Waals surface area contributed by atoms with Crippen LogP contribution < -0.4 is 16.0 Å². The molecule has 1 heterocycles. The summed E-state index contributed by atoms with van der Waals surface area (Å²) in [5.41, 5.74) is 1.17. The van der Waals surface area contributed by atoms with Crippen LogP contribution in [0.1, 0.15) is 17.4 Å². The minimum atomic E-state index is -0.257. The van der Waals surface area contributed by atoms with Crippen LogP contribution in [0.5, 0.6) is 0 Å². The Kier molecular flexibility index (Phi) is 4.93. The predicted octanol–water partition coefficient (Wildman–Crippen LogP) is -0.0108. The van der Waals surface area contributed by atoms with Crippen LogP contribution in [0.2, 0.25) is 0 Å². The fraction of sp³-hybridized carbons (Fsp3) is 0.364. The second kappa shape index (κ2) is 6.47. The quantitative estimate of drug-likeness (QED) is 0.628. The summed E-state index contributed by atoms with van der Waals surface area (Å²) in [7, 11) is 1.77. The van der Waals surface area contributed by atoms with E-state index in [9.17, 15) is 9.59 Å². The summed E-state index contributed by atoms with van der Waals surface area (Å²) in [6.45, 7) is 2.22. The summed E-state index contributed by atoms with van der Waals surface area (Å²) in [4.78, 5) is 26.2. The van der Waals surface area contributed by atoms with E-state index in [0.29, 0.717) is 18.8 Å². The maximum absolute atomic E-state index is 11.6. The molecule has 2 amide bonds. The van der Waals surface area contributed by atoms with Gasteiger partial charge in [0.15, 0.2) is 0 Å². The molecule has 0 aliphatic heterocycles. The van der Waals surface area contributed by atoms with Gasteiger partial charge in [-0.05, 0) is 12.1 Å². The third-order valence-electron chi connectivity index (χ3n) is 2.07. The molecule has 3 N–H and O–H groups in total. The van der Waals surface area contributed by atoms with Crippen LogP contribution in [-0.4, -0.2) is 36.9 Å². The lowest BCUT2D eigenvalue weighted by molar-refractivity contribution is -0.118. The van der Waals surface area contributed by atoms with Gasteiger partial charge in [-0.25, -0.2) is 0 Å². The summed E-state index contributed by atoms with van der Waals surface area (Å²) >= 11 is 0. The van der Waals surface area contributed by atoms with Crippen LogP contribution in [0.3, 0.4) is 0 Å². The third-order valence-corrected chi connectivity index (χ3v) is 2.07. The lowest BCUT2D eigenvalue weighted by atomic mass is 10.3. The van der Waals surface area contributed by atoms with Gasteiger partial charge >= 0.3 is 0 Å². The molecule has 1 rings (SSSR count). The first-order valence-electron chi connectivity index (χ1n) is 5.30. The first-order valence-corrected chi connectivity index (χ1v) is 5.30. The molecular formula is C11H16N4O2. The van der Waals surface area contributed by atoms with Crippen LogP contribution in [0.15, 0.2) is 18.3 Å². The van der Waals surface area contributed by atoms with Gasteiger partial charge in [-0.3, -0.25) is 14.6 Å². The molecule has 1 aromatic heterocycles. The Hall–Kier alpha value is -2.11. The molecule has 0 saturated heterocycles. The number of anilines is 1. The van der Waals surface area contributed by atoms with E-state index in [2.05, 4.69) is 20.9 Å². The molecule has 0 bridgehead atoms. The average molecular weight is 236 g/mol. The summed E-state index contributed by atoms with van der Waals surface area (Å²) in [5, 5.41) is 8.18. The number of pyridine rings is 1.